The van der Waals surface area contributed by atoms with E-state index in [1.807, 2.05) is 13.8 Å². The number of rotatable bonds is 5. The minimum absolute atomic E-state index is 0.106. The van der Waals surface area contributed by atoms with E-state index in [4.69, 9.17) is 5.73 Å². The van der Waals surface area contributed by atoms with Crippen LogP contribution in [0, 0.1) is 11.7 Å². The van der Waals surface area contributed by atoms with Gasteiger partial charge in [-0.25, -0.2) is 4.39 Å². The van der Waals surface area contributed by atoms with E-state index in [1.165, 1.54) is 12.1 Å². The van der Waals surface area contributed by atoms with Gasteiger partial charge in [0.2, 0.25) is 5.91 Å². The molecular formula is C12H17BrFN3O. The molecule has 6 heteroatoms. The van der Waals surface area contributed by atoms with Gasteiger partial charge in [0.25, 0.3) is 0 Å². The molecule has 18 heavy (non-hydrogen) atoms. The Labute approximate surface area is 114 Å². The molecule has 1 aromatic rings. The molecule has 0 radical (unpaired) electrons. The molecule has 100 valence electrons. The summed E-state index contributed by atoms with van der Waals surface area (Å²) in [6, 6.07) is 2.72. The first kappa shape index (κ1) is 14.8. The highest BCUT2D eigenvalue weighted by atomic mass is 79.9. The molecule has 1 rings (SSSR count). The third-order valence-electron chi connectivity index (χ3n) is 2.24. The third kappa shape index (κ3) is 4.52. The van der Waals surface area contributed by atoms with Crippen LogP contribution in [0.2, 0.25) is 0 Å². The molecule has 0 saturated carbocycles. The molecule has 0 atom stereocenters. The summed E-state index contributed by atoms with van der Waals surface area (Å²) >= 11 is 3.07. The molecule has 0 unspecified atom stereocenters. The van der Waals surface area contributed by atoms with Gasteiger partial charge in [0.15, 0.2) is 0 Å². The van der Waals surface area contributed by atoms with Crippen molar-refractivity contribution in [2.24, 2.45) is 5.92 Å². The Morgan fingerprint density at radius 2 is 2.17 bits per heavy atom. The number of nitrogens with one attached hydrogen (secondary N) is 2. The van der Waals surface area contributed by atoms with Gasteiger partial charge in [-0.2, -0.15) is 0 Å². The van der Waals surface area contributed by atoms with E-state index in [9.17, 15) is 9.18 Å². The fourth-order valence-electron chi connectivity index (χ4n) is 1.27. The van der Waals surface area contributed by atoms with E-state index in [-0.39, 0.29) is 18.1 Å². The second-order valence-corrected chi connectivity index (χ2v) is 5.26. The van der Waals surface area contributed by atoms with E-state index >= 15 is 0 Å². The molecule has 0 saturated heterocycles. The molecule has 1 amide bonds. The summed E-state index contributed by atoms with van der Waals surface area (Å²) in [6.45, 7) is 4.77. The molecule has 0 aliphatic rings. The molecule has 0 bridgehead atoms. The predicted octanol–water partition coefficient (Wildman–Crippen LogP) is 2.35. The highest BCUT2D eigenvalue weighted by Gasteiger charge is 2.07. The highest BCUT2D eigenvalue weighted by Crippen LogP contribution is 2.26. The van der Waals surface area contributed by atoms with Crippen LogP contribution in [0.15, 0.2) is 16.6 Å². The number of nitrogens with two attached hydrogens (primary N) is 1. The van der Waals surface area contributed by atoms with Crippen molar-refractivity contribution in [2.45, 2.75) is 13.8 Å². The summed E-state index contributed by atoms with van der Waals surface area (Å²) in [6.07, 6.45) is 0. The summed E-state index contributed by atoms with van der Waals surface area (Å²) in [4.78, 5) is 11.5. The van der Waals surface area contributed by atoms with Crippen LogP contribution in [-0.4, -0.2) is 19.0 Å². The van der Waals surface area contributed by atoms with Crippen molar-refractivity contribution in [3.05, 3.63) is 22.4 Å². The summed E-state index contributed by atoms with van der Waals surface area (Å²) in [5.41, 5.74) is 6.44. The lowest BCUT2D eigenvalue weighted by molar-refractivity contribution is -0.119. The van der Waals surface area contributed by atoms with Gasteiger partial charge in [-0.1, -0.05) is 13.8 Å². The van der Waals surface area contributed by atoms with E-state index < -0.39 is 5.82 Å². The summed E-state index contributed by atoms with van der Waals surface area (Å²) < 4.78 is 13.4. The van der Waals surface area contributed by atoms with Gasteiger partial charge in [0.05, 0.1) is 22.4 Å². The van der Waals surface area contributed by atoms with Gasteiger partial charge < -0.3 is 16.4 Å². The fourth-order valence-corrected chi connectivity index (χ4v) is 1.61. The summed E-state index contributed by atoms with van der Waals surface area (Å²) in [5.74, 6) is -0.148. The Hall–Kier alpha value is -1.30. The van der Waals surface area contributed by atoms with Crippen LogP contribution in [-0.2, 0) is 4.79 Å². The molecule has 0 heterocycles. The average Bonchev–Trinajstić information content (AvgIpc) is 2.29. The number of benzene rings is 1. The predicted molar refractivity (Wildman–Crippen MR) is 74.8 cm³/mol. The SMILES string of the molecule is CC(C)CNC(=O)CNc1cc(Br)c(F)cc1N. The van der Waals surface area contributed by atoms with Crippen molar-refractivity contribution in [3.8, 4) is 0 Å². The van der Waals surface area contributed by atoms with Crippen LogP contribution < -0.4 is 16.4 Å². The number of hydrogen-bond acceptors (Lipinski definition) is 3. The van der Waals surface area contributed by atoms with Crippen LogP contribution in [0.3, 0.4) is 0 Å². The van der Waals surface area contributed by atoms with Crippen LogP contribution >= 0.6 is 15.9 Å². The number of halogens is 2. The molecule has 4 nitrogen and oxygen atoms in total. The first-order valence-electron chi connectivity index (χ1n) is 5.65. The van der Waals surface area contributed by atoms with Gasteiger partial charge in [-0.3, -0.25) is 4.79 Å². The number of anilines is 2. The van der Waals surface area contributed by atoms with Crippen LogP contribution in [0.1, 0.15) is 13.8 Å². The second kappa shape index (κ2) is 6.58. The number of amides is 1. The summed E-state index contributed by atoms with van der Waals surface area (Å²) in [7, 11) is 0. The molecule has 0 aromatic heterocycles. The van der Waals surface area contributed by atoms with Gasteiger partial charge in [0.1, 0.15) is 5.82 Å². The van der Waals surface area contributed by atoms with Crippen molar-refractivity contribution in [1.82, 2.24) is 5.32 Å². The lowest BCUT2D eigenvalue weighted by Crippen LogP contribution is -2.32. The maximum atomic E-state index is 13.1. The van der Waals surface area contributed by atoms with Crippen molar-refractivity contribution in [2.75, 3.05) is 24.1 Å². The Kier molecular flexibility index (Phi) is 5.40. The van der Waals surface area contributed by atoms with E-state index in [2.05, 4.69) is 26.6 Å². The molecule has 0 spiro atoms. The standard InChI is InChI=1S/C12H17BrFN3O/c1-7(2)5-17-12(18)6-16-11-3-8(13)9(14)4-10(11)15/h3-4,7,16H,5-6,15H2,1-2H3,(H,17,18). The summed E-state index contributed by atoms with van der Waals surface area (Å²) in [5, 5.41) is 5.64. The minimum atomic E-state index is -0.428. The molecule has 1 aromatic carbocycles. The fraction of sp³-hybridized carbons (Fsp3) is 0.417. The number of nitrogen functional groups attached to an aromatic ring is 1. The maximum Gasteiger partial charge on any atom is 0.239 e. The Morgan fingerprint density at radius 1 is 1.50 bits per heavy atom. The minimum Gasteiger partial charge on any atom is -0.397 e. The topological polar surface area (TPSA) is 67.2 Å². The van der Waals surface area contributed by atoms with Gasteiger partial charge in [-0.05, 0) is 27.9 Å². The monoisotopic (exact) mass is 317 g/mol. The average molecular weight is 318 g/mol. The van der Waals surface area contributed by atoms with Crippen molar-refractivity contribution in [3.63, 3.8) is 0 Å². The van der Waals surface area contributed by atoms with E-state index in [0.29, 0.717) is 22.6 Å². The van der Waals surface area contributed by atoms with Crippen LogP contribution in [0.4, 0.5) is 15.8 Å². The first-order valence-corrected chi connectivity index (χ1v) is 6.44. The lowest BCUT2D eigenvalue weighted by atomic mass is 10.2. The first-order chi connectivity index (χ1) is 8.40. The lowest BCUT2D eigenvalue weighted by Gasteiger charge is -2.11. The second-order valence-electron chi connectivity index (χ2n) is 4.41. The van der Waals surface area contributed by atoms with Crippen molar-refractivity contribution >= 4 is 33.2 Å². The van der Waals surface area contributed by atoms with E-state index in [0.717, 1.165) is 0 Å². The van der Waals surface area contributed by atoms with Crippen molar-refractivity contribution < 1.29 is 9.18 Å². The quantitative estimate of drug-likeness (QED) is 0.730. The zero-order valence-corrected chi connectivity index (χ0v) is 12.0. The van der Waals surface area contributed by atoms with Gasteiger partial charge in [0, 0.05) is 12.6 Å². The number of hydrogen-bond donors (Lipinski definition) is 3. The van der Waals surface area contributed by atoms with Crippen molar-refractivity contribution in [1.29, 1.82) is 0 Å². The third-order valence-corrected chi connectivity index (χ3v) is 2.85. The molecule has 4 N–H and O–H groups in total. The zero-order valence-electron chi connectivity index (χ0n) is 10.4. The largest absolute Gasteiger partial charge is 0.397 e. The Morgan fingerprint density at radius 3 is 2.78 bits per heavy atom. The Bertz CT molecular complexity index is 438. The van der Waals surface area contributed by atoms with E-state index in [1.54, 1.807) is 0 Å². The highest BCUT2D eigenvalue weighted by molar-refractivity contribution is 9.10. The molecule has 0 aliphatic heterocycles. The molecule has 0 aliphatic carbocycles. The van der Waals surface area contributed by atoms with Crippen LogP contribution in [0.25, 0.3) is 0 Å². The molecule has 0 fully saturated rings. The maximum absolute atomic E-state index is 13.1. The number of carbonyl (C=O) groups excluding carboxylic acids is 1. The zero-order chi connectivity index (χ0) is 13.7. The normalized spacial score (nSPS) is 10.5. The Balaban J connectivity index is 2.53. The number of carbonyl (C=O) groups is 1. The molecular weight excluding hydrogens is 301 g/mol. The van der Waals surface area contributed by atoms with Gasteiger partial charge >= 0.3 is 0 Å². The smallest absolute Gasteiger partial charge is 0.239 e. The van der Waals surface area contributed by atoms with Gasteiger partial charge in [-0.15, -0.1) is 0 Å². The van der Waals surface area contributed by atoms with Crippen LogP contribution in [0.5, 0.6) is 0 Å².